The number of benzene rings is 1. The first kappa shape index (κ1) is 25.4. The molecule has 7 heteroatoms. The summed E-state index contributed by atoms with van der Waals surface area (Å²) in [5.41, 5.74) is 3.38. The van der Waals surface area contributed by atoms with Crippen molar-refractivity contribution < 1.29 is 23.7 Å². The van der Waals surface area contributed by atoms with Crippen LogP contribution >= 0.6 is 0 Å². The van der Waals surface area contributed by atoms with Gasteiger partial charge >= 0.3 is 5.97 Å². The zero-order chi connectivity index (χ0) is 21.5. The van der Waals surface area contributed by atoms with Gasteiger partial charge in [-0.25, -0.2) is 4.79 Å². The maximum absolute atomic E-state index is 11.5. The summed E-state index contributed by atoms with van der Waals surface area (Å²) in [5.74, 6) is 5.98. The van der Waals surface area contributed by atoms with Gasteiger partial charge in [0.05, 0.1) is 6.61 Å². The second kappa shape index (κ2) is 14.3. The van der Waals surface area contributed by atoms with E-state index in [4.69, 9.17) is 24.8 Å². The van der Waals surface area contributed by atoms with Gasteiger partial charge in [-0.15, -0.1) is 0 Å². The largest absolute Gasteiger partial charge is 0.494 e. The van der Waals surface area contributed by atoms with Gasteiger partial charge in [0.25, 0.3) is 0 Å². The highest BCUT2D eigenvalue weighted by Gasteiger charge is 2.15. The second-order valence-corrected chi connectivity index (χ2v) is 7.97. The fourth-order valence-corrected chi connectivity index (χ4v) is 2.51. The van der Waals surface area contributed by atoms with Crippen LogP contribution < -0.4 is 16.0 Å². The van der Waals surface area contributed by atoms with Crippen molar-refractivity contribution >= 4 is 5.97 Å². The number of hydrogen-bond donors (Lipinski definition) is 2. The summed E-state index contributed by atoms with van der Waals surface area (Å²) in [4.78, 5) is 11.5. The lowest BCUT2D eigenvalue weighted by molar-refractivity contribution is -0.160. The third-order valence-corrected chi connectivity index (χ3v) is 4.05. The van der Waals surface area contributed by atoms with Crippen molar-refractivity contribution in [1.82, 2.24) is 5.43 Å². The monoisotopic (exact) mass is 410 g/mol. The van der Waals surface area contributed by atoms with Crippen LogP contribution in [0.2, 0.25) is 0 Å². The molecule has 7 nitrogen and oxygen atoms in total. The highest BCUT2D eigenvalue weighted by molar-refractivity contribution is 5.71. The number of nitrogens with two attached hydrogens (primary N) is 1. The first-order chi connectivity index (χ1) is 13.8. The smallest absolute Gasteiger partial charge is 0.332 e. The number of unbranched alkanes of at least 4 members (excludes halogenated alkanes) is 2. The Bertz CT molecular complexity index is 557. The molecule has 0 radical (unpaired) electrons. The number of carbonyl (C=O) groups excluding carboxylic acids is 1. The van der Waals surface area contributed by atoms with Crippen molar-refractivity contribution in [1.29, 1.82) is 0 Å². The Balaban J connectivity index is 1.91. The molecule has 0 aliphatic carbocycles. The van der Waals surface area contributed by atoms with Gasteiger partial charge in [-0.3, -0.25) is 11.3 Å². The second-order valence-electron chi connectivity index (χ2n) is 7.97. The topological polar surface area (TPSA) is 92.0 Å². The van der Waals surface area contributed by atoms with Crippen LogP contribution in [0.4, 0.5) is 0 Å². The van der Waals surface area contributed by atoms with E-state index in [0.29, 0.717) is 19.8 Å². The van der Waals surface area contributed by atoms with E-state index in [0.717, 1.165) is 43.6 Å². The van der Waals surface area contributed by atoms with Crippen molar-refractivity contribution in [3.05, 3.63) is 29.8 Å². The van der Waals surface area contributed by atoms with Crippen LogP contribution in [0, 0.1) is 0 Å². The molecule has 3 N–H and O–H groups in total. The molecule has 0 aromatic heterocycles. The number of rotatable bonds is 15. The van der Waals surface area contributed by atoms with Crippen molar-refractivity contribution in [2.75, 3.05) is 33.0 Å². The summed E-state index contributed by atoms with van der Waals surface area (Å²) < 4.78 is 21.8. The molecule has 1 rings (SSSR count). The average Bonchev–Trinajstić information content (AvgIpc) is 2.67. The Morgan fingerprint density at radius 1 is 0.966 bits per heavy atom. The molecule has 0 spiro atoms. The van der Waals surface area contributed by atoms with Crippen LogP contribution in [-0.4, -0.2) is 44.6 Å². The highest BCUT2D eigenvalue weighted by Crippen LogP contribution is 2.17. The van der Waals surface area contributed by atoms with Gasteiger partial charge in [-0.1, -0.05) is 12.1 Å². The molecule has 0 aliphatic rings. The van der Waals surface area contributed by atoms with Gasteiger partial charge in [0.2, 0.25) is 0 Å². The standard InChI is InChI=1S/C22H38N2O5/c1-18(24-23)19-9-11-20(12-10-19)28-16-7-5-6-13-26-14-8-15-27-17-21(25)29-22(2,3)4/h9-12,18,24H,5-8,13-17,23H2,1-4H3/t18-/m0/s1. The first-order valence-corrected chi connectivity index (χ1v) is 10.4. The van der Waals surface area contributed by atoms with Gasteiger partial charge in [-0.2, -0.15) is 0 Å². The molecule has 0 fully saturated rings. The number of hydrazine groups is 1. The Labute approximate surface area is 175 Å². The van der Waals surface area contributed by atoms with Gasteiger partial charge in [0.15, 0.2) is 0 Å². The lowest BCUT2D eigenvalue weighted by Gasteiger charge is -2.19. The van der Waals surface area contributed by atoms with Crippen LogP contribution in [0.15, 0.2) is 24.3 Å². The zero-order valence-electron chi connectivity index (χ0n) is 18.4. The minimum absolute atomic E-state index is 0.0110. The Kier molecular flexibility index (Phi) is 12.5. The third-order valence-electron chi connectivity index (χ3n) is 4.05. The molecule has 0 unspecified atom stereocenters. The zero-order valence-corrected chi connectivity index (χ0v) is 18.4. The maximum Gasteiger partial charge on any atom is 0.332 e. The molecule has 0 saturated carbocycles. The summed E-state index contributed by atoms with van der Waals surface area (Å²) in [6, 6.07) is 8.10. The van der Waals surface area contributed by atoms with Crippen molar-refractivity contribution in [2.24, 2.45) is 5.84 Å². The van der Waals surface area contributed by atoms with Crippen molar-refractivity contribution in [3.63, 3.8) is 0 Å². The van der Waals surface area contributed by atoms with E-state index >= 15 is 0 Å². The summed E-state index contributed by atoms with van der Waals surface area (Å²) in [6.07, 6.45) is 3.81. The molecule has 1 aromatic rings. The summed E-state index contributed by atoms with van der Waals surface area (Å²) >= 11 is 0. The third kappa shape index (κ3) is 13.2. The van der Waals surface area contributed by atoms with E-state index in [-0.39, 0.29) is 18.6 Å². The lowest BCUT2D eigenvalue weighted by Crippen LogP contribution is -2.26. The normalized spacial score (nSPS) is 12.6. The van der Waals surface area contributed by atoms with Crippen molar-refractivity contribution in [2.45, 2.75) is 65.0 Å². The van der Waals surface area contributed by atoms with Crippen LogP contribution in [-0.2, 0) is 19.0 Å². The highest BCUT2D eigenvalue weighted by atomic mass is 16.6. The minimum Gasteiger partial charge on any atom is -0.494 e. The van der Waals surface area contributed by atoms with E-state index in [1.165, 1.54) is 0 Å². The van der Waals surface area contributed by atoms with E-state index in [1.807, 2.05) is 52.0 Å². The number of ether oxygens (including phenoxy) is 4. The number of hydrogen-bond acceptors (Lipinski definition) is 7. The molecule has 29 heavy (non-hydrogen) atoms. The van der Waals surface area contributed by atoms with Gasteiger partial charge in [0, 0.05) is 25.9 Å². The number of nitrogens with one attached hydrogen (secondary N) is 1. The molecule has 0 heterocycles. The quantitative estimate of drug-likeness (QED) is 0.198. The van der Waals surface area contributed by atoms with E-state index in [2.05, 4.69) is 5.43 Å². The lowest BCUT2D eigenvalue weighted by atomic mass is 10.1. The predicted octanol–water partition coefficient (Wildman–Crippen LogP) is 3.53. The summed E-state index contributed by atoms with van der Waals surface area (Å²) in [5, 5.41) is 0. The van der Waals surface area contributed by atoms with Crippen LogP contribution in [0.5, 0.6) is 5.75 Å². The number of esters is 1. The fourth-order valence-electron chi connectivity index (χ4n) is 2.51. The van der Waals surface area contributed by atoms with Crippen LogP contribution in [0.25, 0.3) is 0 Å². The summed E-state index contributed by atoms with van der Waals surface area (Å²) in [6.45, 7) is 10.1. The molecular formula is C22H38N2O5. The molecule has 0 bridgehead atoms. The van der Waals surface area contributed by atoms with Gasteiger partial charge < -0.3 is 18.9 Å². The number of carbonyl (C=O) groups is 1. The molecule has 0 amide bonds. The Hall–Kier alpha value is -1.67. The Morgan fingerprint density at radius 2 is 1.59 bits per heavy atom. The van der Waals surface area contributed by atoms with Crippen LogP contribution in [0.3, 0.4) is 0 Å². The molecule has 0 saturated heterocycles. The SMILES string of the molecule is C[C@H](NN)c1ccc(OCCCCCOCCCOCC(=O)OC(C)(C)C)cc1. The fraction of sp³-hybridized carbons (Fsp3) is 0.682. The molecule has 0 aliphatic heterocycles. The van der Waals surface area contributed by atoms with Crippen molar-refractivity contribution in [3.8, 4) is 5.75 Å². The molecule has 166 valence electrons. The van der Waals surface area contributed by atoms with E-state index < -0.39 is 5.60 Å². The summed E-state index contributed by atoms with van der Waals surface area (Å²) in [7, 11) is 0. The van der Waals surface area contributed by atoms with E-state index in [9.17, 15) is 4.79 Å². The Morgan fingerprint density at radius 3 is 2.24 bits per heavy atom. The molecular weight excluding hydrogens is 372 g/mol. The predicted molar refractivity (Wildman–Crippen MR) is 114 cm³/mol. The van der Waals surface area contributed by atoms with Crippen LogP contribution in [0.1, 0.15) is 65.0 Å². The van der Waals surface area contributed by atoms with Gasteiger partial charge in [-0.05, 0) is 71.1 Å². The minimum atomic E-state index is -0.472. The van der Waals surface area contributed by atoms with E-state index in [1.54, 1.807) is 0 Å². The maximum atomic E-state index is 11.5. The first-order valence-electron chi connectivity index (χ1n) is 10.4. The molecule has 1 atom stereocenters. The molecule has 1 aromatic carbocycles. The average molecular weight is 411 g/mol. The van der Waals surface area contributed by atoms with Gasteiger partial charge in [0.1, 0.15) is 18.0 Å².